The lowest BCUT2D eigenvalue weighted by Crippen LogP contribution is -1.95. The van der Waals surface area contributed by atoms with Crippen molar-refractivity contribution in [3.63, 3.8) is 0 Å². The summed E-state index contributed by atoms with van der Waals surface area (Å²) < 4.78 is 1.93. The van der Waals surface area contributed by atoms with Gasteiger partial charge in [-0.15, -0.1) is 26.3 Å². The van der Waals surface area contributed by atoms with Gasteiger partial charge in [-0.2, -0.15) is 0 Å². The van der Waals surface area contributed by atoms with Crippen molar-refractivity contribution in [2.45, 2.75) is 13.8 Å². The largest absolute Gasteiger partial charge is 0.331 e. The maximum atomic E-state index is 4.26. The van der Waals surface area contributed by atoms with E-state index >= 15 is 0 Å². The van der Waals surface area contributed by atoms with Crippen molar-refractivity contribution in [1.82, 2.24) is 19.5 Å². The molecule has 0 aliphatic rings. The predicted octanol–water partition coefficient (Wildman–Crippen LogP) is 2.58. The monoisotopic (exact) mass is 218 g/mol. The van der Waals surface area contributed by atoms with Crippen LogP contribution in [0.2, 0.25) is 0 Å². The van der Waals surface area contributed by atoms with Gasteiger partial charge < -0.3 is 4.57 Å². The van der Waals surface area contributed by atoms with E-state index in [-0.39, 0.29) is 0 Å². The fraction of sp³-hybridized carbons (Fsp3) is 0.250. The van der Waals surface area contributed by atoms with Gasteiger partial charge in [0.1, 0.15) is 11.3 Å². The van der Waals surface area contributed by atoms with Gasteiger partial charge in [0.05, 0.1) is 12.0 Å². The number of hydrogen-bond donors (Lipinski definition) is 0. The van der Waals surface area contributed by atoms with Crippen molar-refractivity contribution in [1.29, 1.82) is 0 Å². The fourth-order valence-electron chi connectivity index (χ4n) is 1.39. The molecule has 4 nitrogen and oxygen atoms in total. The Kier molecular flexibility index (Phi) is 5.70. The van der Waals surface area contributed by atoms with E-state index in [1.165, 1.54) is 0 Å². The Bertz CT molecular complexity index is 457. The maximum Gasteiger partial charge on any atom is 0.181 e. The van der Waals surface area contributed by atoms with Gasteiger partial charge in [0.25, 0.3) is 0 Å². The Balaban J connectivity index is 0.000000509. The average molecular weight is 218 g/mol. The van der Waals surface area contributed by atoms with Crippen molar-refractivity contribution in [3.8, 4) is 0 Å². The van der Waals surface area contributed by atoms with E-state index in [2.05, 4.69) is 41.3 Å². The number of aromatic nitrogens is 4. The van der Waals surface area contributed by atoms with Gasteiger partial charge in [0.2, 0.25) is 0 Å². The van der Waals surface area contributed by atoms with Crippen LogP contribution in [0.5, 0.6) is 0 Å². The fourth-order valence-corrected chi connectivity index (χ4v) is 1.39. The summed E-state index contributed by atoms with van der Waals surface area (Å²) in [5, 5.41) is 0. The molecule has 2 aromatic rings. The summed E-state index contributed by atoms with van der Waals surface area (Å²) in [4.78, 5) is 12.6. The first-order chi connectivity index (χ1) is 7.68. The van der Waals surface area contributed by atoms with Crippen LogP contribution in [0.4, 0.5) is 0 Å². The predicted molar refractivity (Wildman–Crippen MR) is 68.3 cm³/mol. The number of imidazole rings is 1. The Morgan fingerprint density at radius 2 is 1.62 bits per heavy atom. The molecule has 0 spiro atoms. The number of aryl methyl sites for hydroxylation is 3. The molecule has 0 amide bonds. The normalized spacial score (nSPS) is 8.69. The topological polar surface area (TPSA) is 43.6 Å². The number of nitrogens with zero attached hydrogens (tertiary/aromatic N) is 4. The smallest absolute Gasteiger partial charge is 0.181 e. The summed E-state index contributed by atoms with van der Waals surface area (Å²) in [6.45, 7) is 15.8. The Hall–Kier alpha value is -1.97. The first-order valence-electron chi connectivity index (χ1n) is 4.81. The molecule has 0 saturated heterocycles. The van der Waals surface area contributed by atoms with Crippen molar-refractivity contribution in [2.24, 2.45) is 7.05 Å². The second-order valence-electron chi connectivity index (χ2n) is 2.88. The molecule has 0 aliphatic heterocycles. The third-order valence-electron chi connectivity index (χ3n) is 1.86. The van der Waals surface area contributed by atoms with Gasteiger partial charge in [-0.3, -0.25) is 0 Å². The van der Waals surface area contributed by atoms with E-state index < -0.39 is 0 Å². The lowest BCUT2D eigenvalue weighted by atomic mass is 10.4. The SMILES string of the molecule is C=C.C=C.Cc1nc(C)c2c(ncn2C)n1. The molecule has 0 fully saturated rings. The molecule has 0 bridgehead atoms. The molecule has 0 atom stereocenters. The zero-order valence-corrected chi connectivity index (χ0v) is 10.2. The van der Waals surface area contributed by atoms with Crippen LogP contribution in [-0.2, 0) is 7.05 Å². The van der Waals surface area contributed by atoms with Gasteiger partial charge >= 0.3 is 0 Å². The van der Waals surface area contributed by atoms with E-state index in [0.29, 0.717) is 0 Å². The van der Waals surface area contributed by atoms with Crippen LogP contribution in [0.15, 0.2) is 32.6 Å². The highest BCUT2D eigenvalue weighted by Crippen LogP contribution is 2.11. The zero-order valence-electron chi connectivity index (χ0n) is 10.2. The highest BCUT2D eigenvalue weighted by Gasteiger charge is 2.05. The second kappa shape index (κ2) is 6.50. The molecule has 2 rings (SSSR count). The summed E-state index contributed by atoms with van der Waals surface area (Å²) in [5.74, 6) is 0.777. The molecule has 86 valence electrons. The quantitative estimate of drug-likeness (QED) is 0.638. The molecule has 4 heteroatoms. The molecule has 2 aromatic heterocycles. The van der Waals surface area contributed by atoms with Crippen LogP contribution < -0.4 is 0 Å². The first-order valence-corrected chi connectivity index (χ1v) is 4.81. The second-order valence-corrected chi connectivity index (χ2v) is 2.88. The van der Waals surface area contributed by atoms with E-state index in [1.54, 1.807) is 6.33 Å². The number of fused-ring (bicyclic) bond motifs is 1. The highest BCUT2D eigenvalue weighted by atomic mass is 15.1. The molecule has 0 saturated carbocycles. The van der Waals surface area contributed by atoms with E-state index in [9.17, 15) is 0 Å². The molecule has 2 heterocycles. The van der Waals surface area contributed by atoms with Gasteiger partial charge in [-0.1, -0.05) is 0 Å². The van der Waals surface area contributed by atoms with Crippen LogP contribution >= 0.6 is 0 Å². The minimum atomic E-state index is 0.777. The summed E-state index contributed by atoms with van der Waals surface area (Å²) in [5.41, 5.74) is 2.78. The molecular formula is C12H18N4. The van der Waals surface area contributed by atoms with Crippen LogP contribution in [0.1, 0.15) is 11.5 Å². The molecule has 0 aromatic carbocycles. The highest BCUT2D eigenvalue weighted by molar-refractivity contribution is 5.73. The Morgan fingerprint density at radius 3 is 2.19 bits per heavy atom. The molecule has 16 heavy (non-hydrogen) atoms. The minimum Gasteiger partial charge on any atom is -0.331 e. The molecule has 0 radical (unpaired) electrons. The van der Waals surface area contributed by atoms with Gasteiger partial charge in [-0.05, 0) is 13.8 Å². The average Bonchev–Trinajstić information content (AvgIpc) is 2.66. The van der Waals surface area contributed by atoms with Gasteiger partial charge in [0.15, 0.2) is 5.65 Å². The Labute approximate surface area is 96.4 Å². The van der Waals surface area contributed by atoms with Crippen molar-refractivity contribution < 1.29 is 0 Å². The molecular weight excluding hydrogens is 200 g/mol. The zero-order chi connectivity index (χ0) is 12.7. The Morgan fingerprint density at radius 1 is 1.06 bits per heavy atom. The number of rotatable bonds is 0. The van der Waals surface area contributed by atoms with Crippen molar-refractivity contribution in [3.05, 3.63) is 44.2 Å². The van der Waals surface area contributed by atoms with Crippen LogP contribution in [-0.4, -0.2) is 19.5 Å². The van der Waals surface area contributed by atoms with Crippen LogP contribution in [0.3, 0.4) is 0 Å². The molecule has 0 N–H and O–H groups in total. The van der Waals surface area contributed by atoms with Crippen molar-refractivity contribution >= 4 is 11.2 Å². The van der Waals surface area contributed by atoms with Crippen LogP contribution in [0, 0.1) is 13.8 Å². The third kappa shape index (κ3) is 2.76. The lowest BCUT2D eigenvalue weighted by molar-refractivity contribution is 0.933. The summed E-state index contributed by atoms with van der Waals surface area (Å²) in [7, 11) is 1.95. The minimum absolute atomic E-state index is 0.777. The first kappa shape index (κ1) is 14.0. The molecule has 0 unspecified atom stereocenters. The van der Waals surface area contributed by atoms with E-state index in [0.717, 1.165) is 22.7 Å². The number of hydrogen-bond acceptors (Lipinski definition) is 3. The van der Waals surface area contributed by atoms with E-state index in [4.69, 9.17) is 0 Å². The van der Waals surface area contributed by atoms with Gasteiger partial charge in [-0.25, -0.2) is 15.0 Å². The third-order valence-corrected chi connectivity index (χ3v) is 1.86. The lowest BCUT2D eigenvalue weighted by Gasteiger charge is -1.98. The summed E-state index contributed by atoms with van der Waals surface area (Å²) in [6, 6.07) is 0. The van der Waals surface area contributed by atoms with E-state index in [1.807, 2.05) is 25.5 Å². The standard InChI is InChI=1S/C8H10N4.2C2H4/c1-5-7-8(9-4-12(7)3)11-6(2)10-5;2*1-2/h4H,1-3H3;2*1-2H2. The summed E-state index contributed by atoms with van der Waals surface area (Å²) in [6.07, 6.45) is 1.76. The summed E-state index contributed by atoms with van der Waals surface area (Å²) >= 11 is 0. The molecule has 0 aliphatic carbocycles. The maximum absolute atomic E-state index is 4.26. The van der Waals surface area contributed by atoms with Crippen LogP contribution in [0.25, 0.3) is 11.2 Å². The van der Waals surface area contributed by atoms with Crippen molar-refractivity contribution in [2.75, 3.05) is 0 Å². The van der Waals surface area contributed by atoms with Gasteiger partial charge in [0, 0.05) is 7.05 Å².